The van der Waals surface area contributed by atoms with Gasteiger partial charge in [-0.3, -0.25) is 4.57 Å². The third-order valence-corrected chi connectivity index (χ3v) is 0.808. The van der Waals surface area contributed by atoms with Crippen LogP contribution >= 0.6 is 7.60 Å². The average molecular weight is 183 g/mol. The monoisotopic (exact) mass is 183 g/mol. The van der Waals surface area contributed by atoms with Crippen molar-refractivity contribution in [2.45, 2.75) is 26.2 Å². The van der Waals surface area contributed by atoms with Crippen molar-refractivity contribution in [3.05, 3.63) is 0 Å². The molecule has 0 spiro atoms. The number of nitrogens with two attached hydrogens (primary N) is 1. The van der Waals surface area contributed by atoms with Crippen LogP contribution < -0.4 is 5.73 Å². The SMILES string of the molecule is CCCCCN.CP(=O)(O)O. The molecule has 0 aromatic rings. The van der Waals surface area contributed by atoms with Crippen molar-refractivity contribution >= 4 is 7.60 Å². The summed E-state index contributed by atoms with van der Waals surface area (Å²) >= 11 is 0. The molecule has 0 aliphatic heterocycles. The predicted octanol–water partition coefficient (Wildman–Crippen LogP) is 0.929. The molecule has 0 aromatic heterocycles. The summed E-state index contributed by atoms with van der Waals surface area (Å²) in [6, 6.07) is 0. The number of unbranched alkanes of at least 4 members (excludes halogenated alkanes) is 2. The van der Waals surface area contributed by atoms with Gasteiger partial charge >= 0.3 is 7.60 Å². The van der Waals surface area contributed by atoms with Crippen LogP contribution in [0.2, 0.25) is 0 Å². The first-order valence-corrected chi connectivity index (χ1v) is 5.70. The van der Waals surface area contributed by atoms with Gasteiger partial charge in [-0.15, -0.1) is 0 Å². The topological polar surface area (TPSA) is 83.6 Å². The largest absolute Gasteiger partial charge is 0.330 e. The zero-order chi connectivity index (χ0) is 9.33. The first-order chi connectivity index (χ1) is 4.91. The Balaban J connectivity index is 0. The second-order valence-corrected chi connectivity index (χ2v) is 4.00. The van der Waals surface area contributed by atoms with Gasteiger partial charge in [0.1, 0.15) is 0 Å². The van der Waals surface area contributed by atoms with E-state index in [0.717, 1.165) is 13.2 Å². The van der Waals surface area contributed by atoms with Crippen LogP contribution in [0.3, 0.4) is 0 Å². The third kappa shape index (κ3) is 68.7. The maximum atomic E-state index is 9.33. The van der Waals surface area contributed by atoms with Crippen molar-refractivity contribution < 1.29 is 14.4 Å². The number of hydrogen-bond acceptors (Lipinski definition) is 2. The summed E-state index contributed by atoms with van der Waals surface area (Å²) in [5, 5.41) is 0. The smallest absolute Gasteiger partial charge is 0.322 e. The molecule has 5 heteroatoms. The maximum Gasteiger partial charge on any atom is 0.322 e. The van der Waals surface area contributed by atoms with Gasteiger partial charge in [0.15, 0.2) is 0 Å². The molecule has 4 N–H and O–H groups in total. The van der Waals surface area contributed by atoms with Crippen molar-refractivity contribution in [1.29, 1.82) is 0 Å². The fraction of sp³-hybridized carbons (Fsp3) is 1.00. The Morgan fingerprint density at radius 2 is 1.73 bits per heavy atom. The van der Waals surface area contributed by atoms with Crippen LogP contribution in [0.1, 0.15) is 26.2 Å². The molecule has 11 heavy (non-hydrogen) atoms. The third-order valence-electron chi connectivity index (χ3n) is 0.808. The second kappa shape index (κ2) is 8.21. The molecule has 0 saturated carbocycles. The van der Waals surface area contributed by atoms with Gasteiger partial charge < -0.3 is 15.5 Å². The van der Waals surface area contributed by atoms with Gasteiger partial charge in [0, 0.05) is 6.66 Å². The normalized spacial score (nSPS) is 10.3. The lowest BCUT2D eigenvalue weighted by Crippen LogP contribution is -1.96. The van der Waals surface area contributed by atoms with Crippen molar-refractivity contribution in [1.82, 2.24) is 0 Å². The highest BCUT2D eigenvalue weighted by Crippen LogP contribution is 2.26. The van der Waals surface area contributed by atoms with Crippen LogP contribution in [0, 0.1) is 0 Å². The number of hydrogen-bond donors (Lipinski definition) is 3. The summed E-state index contributed by atoms with van der Waals surface area (Å²) in [6.45, 7) is 3.89. The summed E-state index contributed by atoms with van der Waals surface area (Å²) in [5.74, 6) is 0. The fourth-order valence-corrected chi connectivity index (χ4v) is 0.394. The van der Waals surface area contributed by atoms with Crippen molar-refractivity contribution in [3.8, 4) is 0 Å². The van der Waals surface area contributed by atoms with E-state index in [1.165, 1.54) is 19.3 Å². The van der Waals surface area contributed by atoms with Crippen LogP contribution in [0.15, 0.2) is 0 Å². The quantitative estimate of drug-likeness (QED) is 0.449. The van der Waals surface area contributed by atoms with Gasteiger partial charge in [-0.05, 0) is 13.0 Å². The minimum Gasteiger partial charge on any atom is -0.330 e. The Bertz CT molecular complexity index is 100. The standard InChI is InChI=1S/C5H13N.CH5O3P/c1-2-3-4-5-6;1-5(2,3)4/h2-6H2,1H3;1H3,(H2,2,3,4). The molecule has 0 unspecified atom stereocenters. The average Bonchev–Trinajstić information content (AvgIpc) is 1.79. The van der Waals surface area contributed by atoms with E-state index in [9.17, 15) is 4.57 Å². The molecule has 70 valence electrons. The van der Waals surface area contributed by atoms with E-state index in [1.54, 1.807) is 0 Å². The van der Waals surface area contributed by atoms with Crippen LogP contribution in [-0.4, -0.2) is 23.0 Å². The molecule has 0 rings (SSSR count). The van der Waals surface area contributed by atoms with E-state index in [1.807, 2.05) is 0 Å². The summed E-state index contributed by atoms with van der Waals surface area (Å²) in [5.41, 5.74) is 5.21. The lowest BCUT2D eigenvalue weighted by molar-refractivity contribution is 0.381. The van der Waals surface area contributed by atoms with Gasteiger partial charge in [0.2, 0.25) is 0 Å². The molecule has 0 fully saturated rings. The summed E-state index contributed by atoms with van der Waals surface area (Å²) in [4.78, 5) is 15.3. The maximum absolute atomic E-state index is 9.33. The highest BCUT2D eigenvalue weighted by atomic mass is 31.2. The first kappa shape index (κ1) is 13.7. The van der Waals surface area contributed by atoms with Crippen LogP contribution in [0.4, 0.5) is 0 Å². The van der Waals surface area contributed by atoms with E-state index < -0.39 is 7.60 Å². The molecule has 0 atom stereocenters. The molecule has 4 nitrogen and oxygen atoms in total. The van der Waals surface area contributed by atoms with E-state index in [2.05, 4.69) is 6.92 Å². The lowest BCUT2D eigenvalue weighted by atomic mass is 10.3. The van der Waals surface area contributed by atoms with Crippen LogP contribution in [0.5, 0.6) is 0 Å². The zero-order valence-electron chi connectivity index (χ0n) is 7.16. The summed E-state index contributed by atoms with van der Waals surface area (Å²) in [6.07, 6.45) is 3.75. The molecule has 0 saturated heterocycles. The van der Waals surface area contributed by atoms with E-state index in [-0.39, 0.29) is 0 Å². The van der Waals surface area contributed by atoms with Gasteiger partial charge in [-0.2, -0.15) is 0 Å². The molecule has 0 aliphatic rings. The Kier molecular flexibility index (Phi) is 10.2. The highest BCUT2D eigenvalue weighted by Gasteiger charge is 1.95. The van der Waals surface area contributed by atoms with Crippen molar-refractivity contribution in [2.24, 2.45) is 5.73 Å². The molecule has 0 aliphatic carbocycles. The van der Waals surface area contributed by atoms with Crippen LogP contribution in [-0.2, 0) is 4.57 Å². The van der Waals surface area contributed by atoms with Crippen LogP contribution in [0.25, 0.3) is 0 Å². The van der Waals surface area contributed by atoms with E-state index in [0.29, 0.717) is 0 Å². The fourth-order valence-electron chi connectivity index (χ4n) is 0.394. The van der Waals surface area contributed by atoms with E-state index >= 15 is 0 Å². The minimum absolute atomic E-state index is 0.854. The van der Waals surface area contributed by atoms with Crippen molar-refractivity contribution in [2.75, 3.05) is 13.2 Å². The molecule has 0 aromatic carbocycles. The van der Waals surface area contributed by atoms with Gasteiger partial charge in [-0.1, -0.05) is 19.8 Å². The van der Waals surface area contributed by atoms with Crippen molar-refractivity contribution in [3.63, 3.8) is 0 Å². The molecular formula is C6H18NO3P. The Hall–Kier alpha value is 0.110. The molecule has 0 radical (unpaired) electrons. The van der Waals surface area contributed by atoms with Gasteiger partial charge in [0.05, 0.1) is 0 Å². The molecule has 0 amide bonds. The first-order valence-electron chi connectivity index (χ1n) is 3.65. The zero-order valence-corrected chi connectivity index (χ0v) is 8.05. The summed E-state index contributed by atoms with van der Waals surface area (Å²) < 4.78 is 9.33. The minimum atomic E-state index is -3.64. The molecular weight excluding hydrogens is 165 g/mol. The Morgan fingerprint density at radius 1 is 1.36 bits per heavy atom. The predicted molar refractivity (Wildman–Crippen MR) is 46.5 cm³/mol. The Labute approximate surface area is 68.0 Å². The van der Waals surface area contributed by atoms with Gasteiger partial charge in [-0.25, -0.2) is 0 Å². The molecule has 0 bridgehead atoms. The summed E-state index contributed by atoms with van der Waals surface area (Å²) in [7, 11) is -3.64. The van der Waals surface area contributed by atoms with E-state index in [4.69, 9.17) is 15.5 Å². The lowest BCUT2D eigenvalue weighted by Gasteiger charge is -1.86. The van der Waals surface area contributed by atoms with Gasteiger partial charge in [0.25, 0.3) is 0 Å². The Morgan fingerprint density at radius 3 is 1.82 bits per heavy atom. The highest BCUT2D eigenvalue weighted by molar-refractivity contribution is 7.50. The number of rotatable bonds is 3. The molecule has 0 heterocycles. The second-order valence-electron chi connectivity index (χ2n) is 2.33.